The summed E-state index contributed by atoms with van der Waals surface area (Å²) in [5, 5.41) is 8.15. The lowest BCUT2D eigenvalue weighted by Crippen LogP contribution is -2.49. The van der Waals surface area contributed by atoms with Gasteiger partial charge in [-0.2, -0.15) is 9.67 Å². The number of aromatic nitrogens is 6. The summed E-state index contributed by atoms with van der Waals surface area (Å²) in [6.45, 7) is 6.75. The van der Waals surface area contributed by atoms with Crippen molar-refractivity contribution in [2.45, 2.75) is 32.5 Å². The Hall–Kier alpha value is -4.36. The van der Waals surface area contributed by atoms with E-state index in [1.54, 1.807) is 31.5 Å². The summed E-state index contributed by atoms with van der Waals surface area (Å²) < 4.78 is 18.8. The van der Waals surface area contributed by atoms with Crippen LogP contribution in [0.4, 0.5) is 5.95 Å². The molecule has 13 heteroatoms. The number of nitrogens with zero attached hydrogens (tertiary/aromatic N) is 7. The van der Waals surface area contributed by atoms with E-state index in [-0.39, 0.29) is 24.1 Å². The number of nitrogens with one attached hydrogen (secondary N) is 1. The second-order valence-electron chi connectivity index (χ2n) is 9.64. The van der Waals surface area contributed by atoms with Gasteiger partial charge in [-0.15, -0.1) is 5.10 Å². The summed E-state index contributed by atoms with van der Waals surface area (Å²) in [7, 11) is 1.57. The minimum absolute atomic E-state index is 0.0122. The fraction of sp³-hybridized carbons (Fsp3) is 0.407. The molecule has 4 heterocycles. The van der Waals surface area contributed by atoms with E-state index in [4.69, 9.17) is 19.9 Å². The van der Waals surface area contributed by atoms with E-state index < -0.39 is 0 Å². The van der Waals surface area contributed by atoms with Crippen LogP contribution in [-0.2, 0) is 9.53 Å². The number of hydrogen-bond acceptors (Lipinski definition) is 11. The number of anilines is 1. The van der Waals surface area contributed by atoms with Crippen LogP contribution < -0.4 is 20.5 Å². The number of hydrogen-bond donors (Lipinski definition) is 2. The first-order valence-electron chi connectivity index (χ1n) is 13.2. The molecule has 0 unspecified atom stereocenters. The van der Waals surface area contributed by atoms with Crippen molar-refractivity contribution < 1.29 is 19.0 Å². The lowest BCUT2D eigenvalue weighted by atomic mass is 10.2. The molecule has 0 spiro atoms. The van der Waals surface area contributed by atoms with Crippen molar-refractivity contribution in [1.82, 2.24) is 39.9 Å². The molecule has 4 aromatic rings. The first-order valence-corrected chi connectivity index (χ1v) is 13.2. The predicted octanol–water partition coefficient (Wildman–Crippen LogP) is 1.86. The van der Waals surface area contributed by atoms with E-state index in [1.807, 2.05) is 26.0 Å². The molecular formula is C27H33N9O4. The molecule has 13 nitrogen and oxygen atoms in total. The molecule has 0 aliphatic carbocycles. The zero-order valence-corrected chi connectivity index (χ0v) is 22.8. The van der Waals surface area contributed by atoms with Gasteiger partial charge in [-0.3, -0.25) is 14.7 Å². The van der Waals surface area contributed by atoms with Crippen LogP contribution in [0.2, 0.25) is 0 Å². The van der Waals surface area contributed by atoms with Crippen LogP contribution in [0.15, 0.2) is 42.9 Å². The van der Waals surface area contributed by atoms with Crippen LogP contribution in [-0.4, -0.2) is 92.6 Å². The van der Waals surface area contributed by atoms with Crippen LogP contribution in [0.25, 0.3) is 28.2 Å². The maximum atomic E-state index is 12.4. The van der Waals surface area contributed by atoms with Crippen molar-refractivity contribution in [3.05, 3.63) is 42.9 Å². The normalized spacial score (nSPS) is 17.6. The average Bonchev–Trinajstić information content (AvgIpc) is 3.33. The van der Waals surface area contributed by atoms with Gasteiger partial charge in [0, 0.05) is 37.3 Å². The Morgan fingerprint density at radius 1 is 1.15 bits per heavy atom. The number of carbonyl (C=O) groups is 1. The number of nitrogens with two attached hydrogens (primary N) is 1. The van der Waals surface area contributed by atoms with Gasteiger partial charge in [0.05, 0.1) is 38.0 Å². The van der Waals surface area contributed by atoms with E-state index >= 15 is 0 Å². The highest BCUT2D eigenvalue weighted by molar-refractivity contribution is 5.88. The third-order valence-corrected chi connectivity index (χ3v) is 6.39. The molecule has 1 saturated heterocycles. The molecule has 3 N–H and O–H groups in total. The summed E-state index contributed by atoms with van der Waals surface area (Å²) in [6.07, 6.45) is 3.96. The number of carbonyl (C=O) groups excluding carboxylic acids is 1. The number of fused-ring (bicyclic) bond motifs is 1. The maximum Gasteiger partial charge on any atom is 0.234 e. The fourth-order valence-corrected chi connectivity index (χ4v) is 4.73. The molecule has 0 bridgehead atoms. The van der Waals surface area contributed by atoms with E-state index in [0.717, 1.165) is 13.1 Å². The highest BCUT2D eigenvalue weighted by atomic mass is 16.5. The van der Waals surface area contributed by atoms with E-state index in [1.165, 1.54) is 11.0 Å². The summed E-state index contributed by atoms with van der Waals surface area (Å²) in [6, 6.07) is 9.04. The van der Waals surface area contributed by atoms with Crippen molar-refractivity contribution in [3.63, 3.8) is 0 Å². The maximum absolute atomic E-state index is 12.4. The molecule has 0 radical (unpaired) electrons. The Labute approximate surface area is 231 Å². The SMILES string of the molecule is COc1cc2ncnc(-n3nc(-c4ccccn4)nc3N)c2cc1OCCCNC(=O)CN1C[C@@H](C)O[C@@H](C)C1. The van der Waals surface area contributed by atoms with Crippen molar-refractivity contribution in [2.24, 2.45) is 0 Å². The van der Waals surface area contributed by atoms with Crippen molar-refractivity contribution >= 4 is 22.8 Å². The summed E-state index contributed by atoms with van der Waals surface area (Å²) in [5.74, 6) is 2.02. The molecule has 5 rings (SSSR count). The predicted molar refractivity (Wildman–Crippen MR) is 148 cm³/mol. The molecule has 40 heavy (non-hydrogen) atoms. The molecule has 1 aliphatic rings. The largest absolute Gasteiger partial charge is 0.493 e. The Bertz CT molecular complexity index is 1450. The highest BCUT2D eigenvalue weighted by Gasteiger charge is 2.23. The van der Waals surface area contributed by atoms with Gasteiger partial charge in [-0.25, -0.2) is 9.97 Å². The number of ether oxygens (including phenoxy) is 3. The van der Waals surface area contributed by atoms with Gasteiger partial charge in [0.2, 0.25) is 17.7 Å². The molecule has 1 amide bonds. The van der Waals surface area contributed by atoms with Crippen molar-refractivity contribution in [1.29, 1.82) is 0 Å². The van der Waals surface area contributed by atoms with Gasteiger partial charge in [-0.1, -0.05) is 6.07 Å². The first kappa shape index (κ1) is 27.2. The fourth-order valence-electron chi connectivity index (χ4n) is 4.73. The lowest BCUT2D eigenvalue weighted by Gasteiger charge is -2.34. The van der Waals surface area contributed by atoms with E-state index in [2.05, 4.69) is 35.3 Å². The molecular weight excluding hydrogens is 514 g/mol. The van der Waals surface area contributed by atoms with Gasteiger partial charge in [0.25, 0.3) is 0 Å². The third-order valence-electron chi connectivity index (χ3n) is 6.39. The topological polar surface area (TPSA) is 155 Å². The number of rotatable bonds is 10. The van der Waals surface area contributed by atoms with Crippen molar-refractivity contribution in [3.8, 4) is 28.8 Å². The Morgan fingerprint density at radius 3 is 2.73 bits per heavy atom. The molecule has 2 atom stereocenters. The van der Waals surface area contributed by atoms with Crippen LogP contribution in [0.5, 0.6) is 11.5 Å². The summed E-state index contributed by atoms with van der Waals surface area (Å²) in [4.78, 5) is 32.0. The zero-order valence-electron chi connectivity index (χ0n) is 22.8. The average molecular weight is 548 g/mol. The molecule has 0 saturated carbocycles. The van der Waals surface area contributed by atoms with Crippen molar-refractivity contribution in [2.75, 3.05) is 45.6 Å². The van der Waals surface area contributed by atoms with Gasteiger partial charge in [0.1, 0.15) is 12.0 Å². The number of pyridine rings is 1. The quantitative estimate of drug-likeness (QED) is 0.279. The van der Waals surface area contributed by atoms with E-state index in [9.17, 15) is 4.79 Å². The number of benzene rings is 1. The number of amides is 1. The number of morpholine rings is 1. The van der Waals surface area contributed by atoms with Crippen LogP contribution in [0.3, 0.4) is 0 Å². The Kier molecular flexibility index (Phi) is 8.31. The zero-order chi connectivity index (χ0) is 28.1. The molecule has 1 aliphatic heterocycles. The van der Waals surface area contributed by atoms with Crippen LogP contribution in [0, 0.1) is 0 Å². The molecule has 1 fully saturated rings. The second kappa shape index (κ2) is 12.2. The summed E-state index contributed by atoms with van der Waals surface area (Å²) >= 11 is 0. The summed E-state index contributed by atoms with van der Waals surface area (Å²) in [5.41, 5.74) is 7.43. The van der Waals surface area contributed by atoms with Gasteiger partial charge < -0.3 is 25.3 Å². The monoisotopic (exact) mass is 547 g/mol. The number of nitrogen functional groups attached to an aromatic ring is 1. The molecule has 210 valence electrons. The lowest BCUT2D eigenvalue weighted by molar-refractivity contribution is -0.125. The second-order valence-corrected chi connectivity index (χ2v) is 9.64. The molecule has 3 aromatic heterocycles. The molecule has 1 aromatic carbocycles. The Balaban J connectivity index is 1.25. The minimum atomic E-state index is -0.0122. The van der Waals surface area contributed by atoms with E-state index in [0.29, 0.717) is 65.9 Å². The highest BCUT2D eigenvalue weighted by Crippen LogP contribution is 2.34. The minimum Gasteiger partial charge on any atom is -0.493 e. The smallest absolute Gasteiger partial charge is 0.234 e. The van der Waals surface area contributed by atoms with Gasteiger partial charge >= 0.3 is 0 Å². The standard InChI is InChI=1S/C27H33N9O4/c1-17-13-35(14-18(2)40-17)15-24(37)30-9-6-10-39-23-11-19-21(12-22(23)38-3)31-16-32-26(19)36-27(28)33-25(34-36)20-7-4-5-8-29-20/h4-5,7-8,11-12,16-18H,6,9-10,13-15H2,1-3H3,(H,30,37)(H2,28,33,34)/t17-,18+. The van der Waals surface area contributed by atoms with Gasteiger partial charge in [0.15, 0.2) is 17.3 Å². The Morgan fingerprint density at radius 2 is 1.98 bits per heavy atom. The van der Waals surface area contributed by atoms with Crippen LogP contribution >= 0.6 is 0 Å². The third kappa shape index (κ3) is 6.26. The van der Waals surface area contributed by atoms with Crippen LogP contribution in [0.1, 0.15) is 20.3 Å². The first-order chi connectivity index (χ1) is 19.4. The number of methoxy groups -OCH3 is 1. The van der Waals surface area contributed by atoms with Gasteiger partial charge in [-0.05, 0) is 38.5 Å².